The van der Waals surface area contributed by atoms with Gasteiger partial charge in [0.05, 0.1) is 45.6 Å². The minimum absolute atomic E-state index is 0. The van der Waals surface area contributed by atoms with Crippen LogP contribution in [0.4, 0.5) is 34.9 Å². The second-order valence-electron chi connectivity index (χ2n) is 18.4. The molecule has 0 radical (unpaired) electrons. The van der Waals surface area contributed by atoms with Crippen LogP contribution < -0.4 is 39.3 Å². The molecule has 0 amide bonds. The molecular weight excluding hydrogens is 900 g/mol. The van der Waals surface area contributed by atoms with E-state index in [1.807, 2.05) is 55.4 Å². The van der Waals surface area contributed by atoms with Gasteiger partial charge in [0.25, 0.3) is 0 Å². The molecule has 0 aliphatic carbocycles. The molecule has 2 saturated heterocycles. The summed E-state index contributed by atoms with van der Waals surface area (Å²) < 4.78 is 49.3. The Hall–Kier alpha value is -5.02. The predicted octanol–water partition coefficient (Wildman–Crippen LogP) is 2.98. The number of ether oxygens (including phenoxy) is 3. The Kier molecular flexibility index (Phi) is 19.2. The molecule has 24 heteroatoms. The average Bonchev–Trinajstić information content (AvgIpc) is 3.18. The van der Waals surface area contributed by atoms with Gasteiger partial charge in [0.1, 0.15) is 23.3 Å². The first-order valence-corrected chi connectivity index (χ1v) is 25.6. The zero-order valence-electron chi connectivity index (χ0n) is 40.9. The number of rotatable bonds is 10. The van der Waals surface area contributed by atoms with Crippen LogP contribution in [0.1, 0.15) is 76.4 Å². The number of aromatic nitrogens is 6. The molecule has 0 bridgehead atoms. The minimum atomic E-state index is -2.47. The zero-order valence-corrected chi connectivity index (χ0v) is 42.5. The second-order valence-corrected chi connectivity index (χ2v) is 23.5. The van der Waals surface area contributed by atoms with Crippen molar-refractivity contribution < 1.29 is 61.7 Å². The molecule has 21 nitrogen and oxygen atoms in total. The summed E-state index contributed by atoms with van der Waals surface area (Å²) in [6.45, 7) is 19.5. The van der Waals surface area contributed by atoms with Crippen LogP contribution in [-0.2, 0) is 33.7 Å². The molecule has 2 fully saturated rings. The van der Waals surface area contributed by atoms with Crippen molar-refractivity contribution in [3.63, 3.8) is 0 Å². The fourth-order valence-corrected chi connectivity index (χ4v) is 7.70. The van der Waals surface area contributed by atoms with Crippen molar-refractivity contribution >= 4 is 66.3 Å². The number of carbonyl (C=O) groups excluding carboxylic acids is 1. The van der Waals surface area contributed by atoms with Gasteiger partial charge in [0.2, 0.25) is 0 Å². The quantitative estimate of drug-likeness (QED) is 0.152. The van der Waals surface area contributed by atoms with Crippen LogP contribution in [0.15, 0.2) is 45.1 Å². The van der Waals surface area contributed by atoms with E-state index in [9.17, 15) is 23.1 Å². The summed E-state index contributed by atoms with van der Waals surface area (Å²) in [5, 5.41) is 16.0. The molecule has 6 rings (SSSR count). The Morgan fingerprint density at radius 2 is 1.07 bits per heavy atom. The molecule has 362 valence electrons. The van der Waals surface area contributed by atoms with E-state index in [0.29, 0.717) is 85.6 Å². The number of carboxylic acid groups (broad SMARTS) is 1. The number of nitrogens with zero attached hydrogens (tertiary/aromatic N) is 10. The number of morpholine rings is 2. The normalized spacial score (nSPS) is 16.6. The maximum atomic E-state index is 12.4. The Morgan fingerprint density at radius 1 is 0.687 bits per heavy atom. The second kappa shape index (κ2) is 22.9. The van der Waals surface area contributed by atoms with Crippen LogP contribution in [0.3, 0.4) is 0 Å². The van der Waals surface area contributed by atoms with E-state index in [1.54, 1.807) is 42.8 Å². The molecule has 2 aliphatic rings. The largest absolute Gasteiger partial charge is 1.00 e. The number of carboxylic acids is 1. The van der Waals surface area contributed by atoms with Gasteiger partial charge in [-0.1, -0.05) is 0 Å². The molecule has 0 saturated carbocycles. The molecular formula is C43H63LiN12O9S2. The van der Waals surface area contributed by atoms with Gasteiger partial charge in [0, 0.05) is 91.9 Å². The van der Waals surface area contributed by atoms with Gasteiger partial charge in [-0.05, 0) is 79.7 Å². The van der Waals surface area contributed by atoms with Crippen molar-refractivity contribution in [1.29, 1.82) is 0 Å². The molecule has 0 aromatic carbocycles. The maximum absolute atomic E-state index is 12.4. The number of methoxy groups -OCH3 is 1. The van der Waals surface area contributed by atoms with Crippen molar-refractivity contribution in [2.24, 2.45) is 8.73 Å². The van der Waals surface area contributed by atoms with E-state index < -0.39 is 31.4 Å². The SMILES string of the molecule is COC(=O)c1cc(-c2nc(N=S(C)(C)=O)cc(N3CCOC[C@H]3C)n2)cc(NC(C)(C)C)n1.C[C@@H]1COCCN1c1cc(N=S(C)(C)=O)nc(-c2cc(NC(C)(C)C)nc(C(=O)O)c2)n1.[Li+].[OH-]. The van der Waals surface area contributed by atoms with E-state index in [0.717, 1.165) is 0 Å². The van der Waals surface area contributed by atoms with Crippen molar-refractivity contribution in [2.75, 3.05) is 92.1 Å². The van der Waals surface area contributed by atoms with E-state index in [1.165, 1.54) is 25.7 Å². The number of esters is 1. The Labute approximate surface area is 405 Å². The maximum Gasteiger partial charge on any atom is 1.00 e. The van der Waals surface area contributed by atoms with Crippen LogP contribution >= 0.6 is 0 Å². The number of hydrogen-bond acceptors (Lipinski definition) is 20. The predicted molar refractivity (Wildman–Crippen MR) is 257 cm³/mol. The summed E-state index contributed by atoms with van der Waals surface area (Å²) in [6, 6.07) is 10.1. The summed E-state index contributed by atoms with van der Waals surface area (Å²) in [6.07, 6.45) is 6.18. The smallest absolute Gasteiger partial charge is 0.870 e. The molecule has 67 heavy (non-hydrogen) atoms. The zero-order chi connectivity index (χ0) is 48.1. The van der Waals surface area contributed by atoms with Crippen molar-refractivity contribution in [2.45, 2.75) is 78.6 Å². The number of carbonyl (C=O) groups is 2. The monoisotopic (exact) mass is 962 g/mol. The summed E-state index contributed by atoms with van der Waals surface area (Å²) in [4.78, 5) is 55.3. The van der Waals surface area contributed by atoms with Crippen LogP contribution in [0, 0.1) is 0 Å². The standard InChI is InChI=1S/C22H32N6O4S.C21H30N6O4S.Li.H2O/c1-14-13-32-9-8-28(14)19-12-18(27-33(6,7)30)24-20(25-19)15-10-16(21(29)31-5)23-17(11-15)26-22(2,3)4;1-13-12-31-8-7-27(13)18-11-17(26-32(5,6)30)23-19(24-18)14-9-15(20(28)29)22-16(10-14)25-21(2,3)4;;/h10-12,14H,8-9,13H2,1-7H3,(H,23,26);9-11,13H,7-8,12H2,1-6H3,(H,22,25)(H,28,29);;1H2/q;;+1;/p-1/t14-;13-;;/m11../s1. The number of nitrogens with one attached hydrogen (secondary N) is 2. The van der Waals surface area contributed by atoms with Gasteiger partial charge < -0.3 is 45.2 Å². The number of anilines is 4. The van der Waals surface area contributed by atoms with Crippen LogP contribution in [0.25, 0.3) is 22.8 Å². The van der Waals surface area contributed by atoms with Crippen molar-refractivity contribution in [3.05, 3.63) is 47.8 Å². The van der Waals surface area contributed by atoms with Crippen molar-refractivity contribution in [3.8, 4) is 22.8 Å². The molecule has 0 unspecified atom stereocenters. The fraction of sp³-hybridized carbons (Fsp3) is 0.535. The minimum Gasteiger partial charge on any atom is -0.870 e. The van der Waals surface area contributed by atoms with Gasteiger partial charge in [0.15, 0.2) is 34.7 Å². The fourth-order valence-electron chi connectivity index (χ4n) is 6.61. The van der Waals surface area contributed by atoms with Gasteiger partial charge in [-0.3, -0.25) is 0 Å². The van der Waals surface area contributed by atoms with Crippen LogP contribution in [0.5, 0.6) is 0 Å². The summed E-state index contributed by atoms with van der Waals surface area (Å²) in [7, 11) is -3.61. The third kappa shape index (κ3) is 17.2. The van der Waals surface area contributed by atoms with Gasteiger partial charge >= 0.3 is 30.8 Å². The third-order valence-electron chi connectivity index (χ3n) is 9.14. The van der Waals surface area contributed by atoms with Crippen molar-refractivity contribution in [1.82, 2.24) is 29.9 Å². The van der Waals surface area contributed by atoms with Gasteiger partial charge in [-0.2, -0.15) is 8.73 Å². The van der Waals surface area contributed by atoms with Crippen LogP contribution in [-0.4, -0.2) is 156 Å². The van der Waals surface area contributed by atoms with Crippen LogP contribution in [0.2, 0.25) is 0 Å². The first-order valence-electron chi connectivity index (χ1n) is 20.9. The van der Waals surface area contributed by atoms with E-state index in [-0.39, 0.29) is 70.5 Å². The van der Waals surface area contributed by atoms with E-state index >= 15 is 0 Å². The van der Waals surface area contributed by atoms with E-state index in [2.05, 4.69) is 49.1 Å². The van der Waals surface area contributed by atoms with Gasteiger partial charge in [-0.25, -0.2) is 47.9 Å². The number of pyridine rings is 2. The number of aromatic carboxylic acids is 1. The van der Waals surface area contributed by atoms with Gasteiger partial charge in [-0.15, -0.1) is 0 Å². The number of hydrogen-bond donors (Lipinski definition) is 3. The molecule has 0 spiro atoms. The summed E-state index contributed by atoms with van der Waals surface area (Å²) >= 11 is 0. The molecule has 2 atom stereocenters. The molecule has 4 aromatic rings. The molecule has 6 heterocycles. The first-order chi connectivity index (χ1) is 30.1. The van der Waals surface area contributed by atoms with E-state index in [4.69, 9.17) is 24.2 Å². The summed E-state index contributed by atoms with van der Waals surface area (Å²) in [5.74, 6) is 1.65. The average molecular weight is 963 g/mol. The molecule has 2 aliphatic heterocycles. The third-order valence-corrected chi connectivity index (χ3v) is 10.4. The summed E-state index contributed by atoms with van der Waals surface area (Å²) in [5.41, 5.74) is 0.419. The Balaban J connectivity index is 0.000000345. The Bertz CT molecular complexity index is 2650. The molecule has 4 aromatic heterocycles. The first kappa shape index (κ1) is 56.3. The molecule has 4 N–H and O–H groups in total. The Morgan fingerprint density at radius 3 is 1.42 bits per heavy atom. The topological polar surface area (TPSA) is 279 Å².